The molecule has 0 amide bonds. The Kier molecular flexibility index (Phi) is 11.5. The lowest BCUT2D eigenvalue weighted by Gasteiger charge is -2.25. The zero-order chi connectivity index (χ0) is 52.9. The van der Waals surface area contributed by atoms with E-state index in [0.717, 1.165) is 111 Å². The molecule has 0 N–H and O–H groups in total. The lowest BCUT2D eigenvalue weighted by Crippen LogP contribution is -2.17. The third-order valence-corrected chi connectivity index (χ3v) is 14.9. The molecule has 0 aliphatic heterocycles. The average Bonchev–Trinajstić information content (AvgIpc) is 3.89. The zero-order valence-electron chi connectivity index (χ0n) is 43.8. The molecule has 76 heavy (non-hydrogen) atoms. The van der Waals surface area contributed by atoms with Crippen molar-refractivity contribution < 1.29 is 13.2 Å². The van der Waals surface area contributed by atoms with Gasteiger partial charge in [-0.2, -0.15) is 13.2 Å². The molecule has 370 valence electrons. The van der Waals surface area contributed by atoms with Gasteiger partial charge in [-0.3, -0.25) is 0 Å². The third-order valence-electron chi connectivity index (χ3n) is 14.9. The average molecular weight is 994 g/mol. The van der Waals surface area contributed by atoms with Crippen molar-refractivity contribution in [1.29, 1.82) is 0 Å². The smallest absolute Gasteiger partial charge is 0.309 e. The van der Waals surface area contributed by atoms with Gasteiger partial charge in [-0.25, -0.2) is 4.85 Å². The number of benzene rings is 10. The Labute approximate surface area is 441 Å². The van der Waals surface area contributed by atoms with Crippen molar-refractivity contribution in [2.24, 2.45) is 0 Å². The molecule has 0 bridgehead atoms. The second-order valence-corrected chi connectivity index (χ2v) is 21.1. The fourth-order valence-corrected chi connectivity index (χ4v) is 12.1. The molecular formula is C70H54F3N3. The van der Waals surface area contributed by atoms with E-state index in [0.29, 0.717) is 38.9 Å². The summed E-state index contributed by atoms with van der Waals surface area (Å²) in [6.45, 7) is 24.6. The molecule has 2 heterocycles. The van der Waals surface area contributed by atoms with Crippen LogP contribution in [0.1, 0.15) is 50.1 Å². The topological polar surface area (TPSA) is 14.2 Å². The monoisotopic (exact) mass is 993 g/mol. The van der Waals surface area contributed by atoms with Gasteiger partial charge in [0.1, 0.15) is 5.56 Å². The van der Waals surface area contributed by atoms with Crippen LogP contribution in [0.15, 0.2) is 182 Å². The highest BCUT2D eigenvalue weighted by Crippen LogP contribution is 2.49. The Bertz CT molecular complexity index is 4140. The summed E-state index contributed by atoms with van der Waals surface area (Å²) in [5.41, 5.74) is 19.2. The minimum atomic E-state index is -4.92. The molecule has 10 aromatic carbocycles. The number of nitrogens with zero attached hydrogens (tertiary/aromatic N) is 3. The number of halogens is 3. The summed E-state index contributed by atoms with van der Waals surface area (Å²) in [6, 6.07) is 60.8. The van der Waals surface area contributed by atoms with Gasteiger partial charge >= 0.3 is 6.18 Å². The lowest BCUT2D eigenvalue weighted by atomic mass is 9.96. The van der Waals surface area contributed by atoms with Crippen molar-refractivity contribution in [3.8, 4) is 67.0 Å². The van der Waals surface area contributed by atoms with Crippen molar-refractivity contribution in [2.75, 3.05) is 0 Å². The molecule has 0 aliphatic rings. The summed E-state index contributed by atoms with van der Waals surface area (Å²) in [5, 5.41) is 3.32. The van der Waals surface area contributed by atoms with E-state index in [2.05, 4.69) is 206 Å². The predicted molar refractivity (Wildman–Crippen MR) is 311 cm³/mol. The summed E-state index contributed by atoms with van der Waals surface area (Å²) in [7, 11) is 0. The molecule has 0 saturated carbocycles. The second kappa shape index (κ2) is 18.2. The molecule has 2 aromatic heterocycles. The summed E-state index contributed by atoms with van der Waals surface area (Å²) in [5.74, 6) is 0. The normalized spacial score (nSPS) is 11.9. The maximum absolute atomic E-state index is 17.6. The molecular weight excluding hydrogens is 940 g/mol. The van der Waals surface area contributed by atoms with E-state index < -0.39 is 11.7 Å². The number of aromatic nitrogens is 2. The van der Waals surface area contributed by atoms with Crippen LogP contribution in [0.25, 0.3) is 115 Å². The zero-order valence-corrected chi connectivity index (χ0v) is 43.8. The highest BCUT2D eigenvalue weighted by molar-refractivity contribution is 6.14. The van der Waals surface area contributed by atoms with Crippen LogP contribution < -0.4 is 0 Å². The van der Waals surface area contributed by atoms with Gasteiger partial charge in [-0.15, -0.1) is 0 Å². The summed E-state index contributed by atoms with van der Waals surface area (Å²) in [6.07, 6.45) is -4.92. The lowest BCUT2D eigenvalue weighted by molar-refractivity contribution is -0.137. The molecule has 0 atom stereocenters. The van der Waals surface area contributed by atoms with Crippen molar-refractivity contribution >= 4 is 49.3 Å². The molecule has 0 unspecified atom stereocenters. The Hall–Kier alpha value is -8.92. The van der Waals surface area contributed by atoms with E-state index in [1.165, 1.54) is 0 Å². The first kappa shape index (κ1) is 48.0. The Balaban J connectivity index is 1.27. The number of hydrogen-bond acceptors (Lipinski definition) is 0. The third kappa shape index (κ3) is 8.43. The molecule has 6 heteroatoms. The maximum Gasteiger partial charge on any atom is 0.420 e. The number of fused-ring (bicyclic) bond motifs is 6. The largest absolute Gasteiger partial charge is 0.420 e. The van der Waals surface area contributed by atoms with Crippen LogP contribution in [0, 0.1) is 62.0 Å². The van der Waals surface area contributed by atoms with Crippen molar-refractivity contribution in [3.05, 3.63) is 243 Å². The molecule has 12 rings (SSSR count). The first-order valence-corrected chi connectivity index (χ1v) is 25.7. The fourth-order valence-electron chi connectivity index (χ4n) is 12.1. The first-order chi connectivity index (χ1) is 36.5. The molecule has 0 spiro atoms. The van der Waals surface area contributed by atoms with Crippen LogP contribution in [0.3, 0.4) is 0 Å². The Morgan fingerprint density at radius 1 is 0.342 bits per heavy atom. The molecule has 3 nitrogen and oxygen atoms in total. The number of aryl methyl sites for hydroxylation is 8. The van der Waals surface area contributed by atoms with Crippen LogP contribution in [0.4, 0.5) is 18.9 Å². The van der Waals surface area contributed by atoms with E-state index in [9.17, 15) is 0 Å². The Morgan fingerprint density at radius 2 is 0.684 bits per heavy atom. The molecule has 0 saturated heterocycles. The Morgan fingerprint density at radius 3 is 1.01 bits per heavy atom. The number of alkyl halides is 3. The predicted octanol–water partition coefficient (Wildman–Crippen LogP) is 20.3. The van der Waals surface area contributed by atoms with E-state index in [-0.39, 0.29) is 11.4 Å². The first-order valence-electron chi connectivity index (χ1n) is 25.7. The fraction of sp³-hybridized carbons (Fsp3) is 0.129. The van der Waals surface area contributed by atoms with Gasteiger partial charge in [0.25, 0.3) is 0 Å². The van der Waals surface area contributed by atoms with Gasteiger partial charge in [-0.1, -0.05) is 190 Å². The van der Waals surface area contributed by atoms with Gasteiger partial charge in [0, 0.05) is 27.1 Å². The number of rotatable bonds is 7. The van der Waals surface area contributed by atoms with E-state index in [4.69, 9.17) is 6.57 Å². The minimum absolute atomic E-state index is 0.00587. The van der Waals surface area contributed by atoms with Crippen LogP contribution in [0.2, 0.25) is 0 Å². The van der Waals surface area contributed by atoms with E-state index >= 15 is 13.2 Å². The standard InChI is InChI=1S/C70H54F3N3/c1-40-23-41(2)28-53(27-40)48-13-17-59-60-18-14-49(54-29-42(3)24-43(4)30-54)37-65(60)75(64(59)36-48)63-22-21-58(52-11-10-12-57(35-52)74-9)69(68(63)70(71,72)73)76-66-38-50(55-31-44(5)25-45(6)32-55)15-19-61(66)62-20-16-51(39-67(62)76)56-33-46(7)26-47(8)34-56/h10-39H,1-8H3. The maximum atomic E-state index is 17.6. The van der Waals surface area contributed by atoms with E-state index in [1.54, 1.807) is 24.3 Å². The van der Waals surface area contributed by atoms with E-state index in [1.807, 2.05) is 21.3 Å². The summed E-state index contributed by atoms with van der Waals surface area (Å²) < 4.78 is 56.5. The number of hydrogen-bond donors (Lipinski definition) is 0. The highest BCUT2D eigenvalue weighted by atomic mass is 19.4. The quantitative estimate of drug-likeness (QED) is 0.141. The molecule has 0 fully saturated rings. The van der Waals surface area contributed by atoms with Crippen molar-refractivity contribution in [1.82, 2.24) is 9.13 Å². The van der Waals surface area contributed by atoms with Crippen LogP contribution >= 0.6 is 0 Å². The second-order valence-electron chi connectivity index (χ2n) is 21.1. The molecule has 12 aromatic rings. The molecule has 0 radical (unpaired) electrons. The van der Waals surface area contributed by atoms with Gasteiger partial charge in [0.2, 0.25) is 0 Å². The van der Waals surface area contributed by atoms with Crippen molar-refractivity contribution in [2.45, 2.75) is 61.6 Å². The van der Waals surface area contributed by atoms with Crippen LogP contribution in [-0.4, -0.2) is 9.13 Å². The van der Waals surface area contributed by atoms with Gasteiger partial charge < -0.3 is 9.13 Å². The van der Waals surface area contributed by atoms with Gasteiger partial charge in [0.15, 0.2) is 5.69 Å². The van der Waals surface area contributed by atoms with Crippen LogP contribution in [0.5, 0.6) is 0 Å². The highest BCUT2D eigenvalue weighted by Gasteiger charge is 2.40. The van der Waals surface area contributed by atoms with Crippen LogP contribution in [-0.2, 0) is 6.18 Å². The minimum Gasteiger partial charge on any atom is -0.309 e. The van der Waals surface area contributed by atoms with Crippen molar-refractivity contribution in [3.63, 3.8) is 0 Å². The van der Waals surface area contributed by atoms with Gasteiger partial charge in [0.05, 0.1) is 40.0 Å². The molecule has 0 aliphatic carbocycles. The SMILES string of the molecule is [C-]#[N+]c1cccc(-c2ccc(-n3c4cc(-c5cc(C)cc(C)c5)ccc4c4ccc(-c5cc(C)cc(C)c5)cc43)c(C(F)(F)F)c2-n2c3cc(-c4cc(C)cc(C)c4)ccc3c3ccc(-c4cc(C)cc(C)c4)cc32)c1. The summed E-state index contributed by atoms with van der Waals surface area (Å²) >= 11 is 0. The van der Waals surface area contributed by atoms with Gasteiger partial charge in [-0.05, 0) is 142 Å². The summed E-state index contributed by atoms with van der Waals surface area (Å²) in [4.78, 5) is 3.77.